The van der Waals surface area contributed by atoms with Crippen LogP contribution in [-0.4, -0.2) is 17.7 Å². The van der Waals surface area contributed by atoms with Gasteiger partial charge >= 0.3 is 0 Å². The molecule has 18 heavy (non-hydrogen) atoms. The number of nitrogens with zero attached hydrogens (tertiary/aromatic N) is 3. The maximum atomic E-state index is 9.21. The molecule has 1 fully saturated rings. The second kappa shape index (κ2) is 4.93. The first-order valence-corrected chi connectivity index (χ1v) is 6.70. The van der Waals surface area contributed by atoms with Crippen molar-refractivity contribution in [1.82, 2.24) is 4.57 Å². The van der Waals surface area contributed by atoms with Crippen LogP contribution in [0.15, 0.2) is 6.07 Å². The van der Waals surface area contributed by atoms with Crippen LogP contribution in [0.4, 0.5) is 11.5 Å². The number of nitriles is 1. The zero-order chi connectivity index (χ0) is 13.3. The Morgan fingerprint density at radius 1 is 1.50 bits per heavy atom. The number of rotatable bonds is 2. The van der Waals surface area contributed by atoms with Gasteiger partial charge in [-0.05, 0) is 38.7 Å². The molecule has 1 aromatic rings. The lowest BCUT2D eigenvalue weighted by molar-refractivity contribution is 0.437. The molecule has 1 aliphatic heterocycles. The molecule has 2 rings (SSSR count). The summed E-state index contributed by atoms with van der Waals surface area (Å²) in [6, 6.07) is 4.30. The predicted molar refractivity (Wildman–Crippen MR) is 74.6 cm³/mol. The lowest BCUT2D eigenvalue weighted by atomic mass is 10.0. The number of nitrogens with two attached hydrogens (primary N) is 1. The first-order valence-electron chi connectivity index (χ1n) is 6.70. The van der Waals surface area contributed by atoms with Crippen molar-refractivity contribution in [2.45, 2.75) is 39.7 Å². The van der Waals surface area contributed by atoms with Gasteiger partial charge in [-0.1, -0.05) is 6.92 Å². The molecule has 0 bridgehead atoms. The average molecular weight is 246 g/mol. The van der Waals surface area contributed by atoms with Gasteiger partial charge in [-0.25, -0.2) is 0 Å². The van der Waals surface area contributed by atoms with E-state index in [0.717, 1.165) is 24.6 Å². The fraction of sp³-hybridized carbons (Fsp3) is 0.643. The number of piperidine rings is 1. The Kier molecular flexibility index (Phi) is 3.51. The zero-order valence-electron chi connectivity index (χ0n) is 11.5. The molecule has 0 aliphatic carbocycles. The summed E-state index contributed by atoms with van der Waals surface area (Å²) >= 11 is 0. The normalized spacial score (nSPS) is 20.2. The van der Waals surface area contributed by atoms with Crippen molar-refractivity contribution < 1.29 is 0 Å². The van der Waals surface area contributed by atoms with Crippen molar-refractivity contribution in [3.8, 4) is 6.07 Å². The Morgan fingerprint density at radius 3 is 2.78 bits per heavy atom. The third-order valence-electron chi connectivity index (χ3n) is 3.63. The highest BCUT2D eigenvalue weighted by Gasteiger charge is 2.24. The third-order valence-corrected chi connectivity index (χ3v) is 3.63. The summed E-state index contributed by atoms with van der Waals surface area (Å²) < 4.78 is 2.06. The predicted octanol–water partition coefficient (Wildman–Crippen LogP) is 2.76. The quantitative estimate of drug-likeness (QED) is 0.873. The molecular weight excluding hydrogens is 224 g/mol. The highest BCUT2D eigenvalue weighted by molar-refractivity contribution is 5.68. The van der Waals surface area contributed by atoms with Gasteiger partial charge in [0.1, 0.15) is 17.6 Å². The summed E-state index contributed by atoms with van der Waals surface area (Å²) in [5, 5.41) is 9.21. The van der Waals surface area contributed by atoms with E-state index in [1.807, 2.05) is 0 Å². The Balaban J connectivity index is 2.43. The molecular formula is C14H22N4. The van der Waals surface area contributed by atoms with Crippen LogP contribution in [0.1, 0.15) is 45.3 Å². The summed E-state index contributed by atoms with van der Waals surface area (Å²) in [5.74, 6) is 1.73. The molecule has 2 N–H and O–H groups in total. The molecule has 1 saturated heterocycles. The van der Waals surface area contributed by atoms with Crippen LogP contribution in [0.2, 0.25) is 0 Å². The van der Waals surface area contributed by atoms with Gasteiger partial charge in [0.15, 0.2) is 0 Å². The Labute approximate surface area is 109 Å². The highest BCUT2D eigenvalue weighted by Crippen LogP contribution is 2.33. The zero-order valence-corrected chi connectivity index (χ0v) is 11.5. The second-order valence-electron chi connectivity index (χ2n) is 5.58. The Hall–Kier alpha value is -1.63. The van der Waals surface area contributed by atoms with Gasteiger partial charge in [-0.2, -0.15) is 5.26 Å². The van der Waals surface area contributed by atoms with Gasteiger partial charge < -0.3 is 15.2 Å². The molecule has 0 unspecified atom stereocenters. The van der Waals surface area contributed by atoms with Gasteiger partial charge in [-0.15, -0.1) is 0 Å². The topological polar surface area (TPSA) is 58.0 Å². The average Bonchev–Trinajstić information content (AvgIpc) is 2.66. The Bertz CT molecular complexity index is 467. The minimum absolute atomic E-state index is 0.254. The van der Waals surface area contributed by atoms with Crippen molar-refractivity contribution in [2.75, 3.05) is 23.7 Å². The molecule has 0 spiro atoms. The minimum atomic E-state index is 0.254. The van der Waals surface area contributed by atoms with Crippen molar-refractivity contribution >= 4 is 11.5 Å². The minimum Gasteiger partial charge on any atom is -0.396 e. The number of hydrogen-bond donors (Lipinski definition) is 1. The van der Waals surface area contributed by atoms with E-state index in [2.05, 4.69) is 36.3 Å². The van der Waals surface area contributed by atoms with Crippen molar-refractivity contribution in [1.29, 1.82) is 5.26 Å². The lowest BCUT2D eigenvalue weighted by Gasteiger charge is -2.34. The van der Waals surface area contributed by atoms with Crippen molar-refractivity contribution in [3.63, 3.8) is 0 Å². The van der Waals surface area contributed by atoms with E-state index < -0.39 is 0 Å². The molecule has 1 atom stereocenters. The van der Waals surface area contributed by atoms with Gasteiger partial charge in [0, 0.05) is 19.1 Å². The van der Waals surface area contributed by atoms with Gasteiger partial charge in [0.2, 0.25) is 0 Å². The standard InChI is InChI=1S/C14H22N4/c1-10(2)18-12(8-15)7-13(16)14(18)17-6-4-5-11(3)9-17/h7,10-11H,4-6,9,16H2,1-3H3/t11-/m0/s1. The van der Waals surface area contributed by atoms with Crippen LogP contribution in [0.3, 0.4) is 0 Å². The monoisotopic (exact) mass is 246 g/mol. The number of anilines is 2. The summed E-state index contributed by atoms with van der Waals surface area (Å²) in [4.78, 5) is 2.34. The van der Waals surface area contributed by atoms with E-state index in [4.69, 9.17) is 5.73 Å². The maximum absolute atomic E-state index is 9.21. The van der Waals surface area contributed by atoms with Gasteiger partial charge in [-0.3, -0.25) is 0 Å². The smallest absolute Gasteiger partial charge is 0.133 e. The number of nitrogen functional groups attached to an aromatic ring is 1. The third kappa shape index (κ3) is 2.17. The SMILES string of the molecule is CC(C)n1c(C#N)cc(N)c1N1CCC[C@H](C)C1. The lowest BCUT2D eigenvalue weighted by Crippen LogP contribution is -2.36. The van der Waals surface area contributed by atoms with Gasteiger partial charge in [0.25, 0.3) is 0 Å². The van der Waals surface area contributed by atoms with Crippen molar-refractivity contribution in [3.05, 3.63) is 11.8 Å². The molecule has 0 radical (unpaired) electrons. The maximum Gasteiger partial charge on any atom is 0.133 e. The molecule has 2 heterocycles. The Morgan fingerprint density at radius 2 is 2.22 bits per heavy atom. The van der Waals surface area contributed by atoms with Crippen LogP contribution in [0.5, 0.6) is 0 Å². The summed E-state index contributed by atoms with van der Waals surface area (Å²) in [7, 11) is 0. The molecule has 0 amide bonds. The summed E-state index contributed by atoms with van der Waals surface area (Å²) in [6.45, 7) is 8.53. The molecule has 4 heteroatoms. The van der Waals surface area contributed by atoms with Crippen LogP contribution in [0, 0.1) is 17.2 Å². The van der Waals surface area contributed by atoms with E-state index >= 15 is 0 Å². The molecule has 4 nitrogen and oxygen atoms in total. The fourth-order valence-electron chi connectivity index (χ4n) is 2.86. The molecule has 98 valence electrons. The molecule has 1 aliphatic rings. The summed E-state index contributed by atoms with van der Waals surface area (Å²) in [5.41, 5.74) is 7.51. The molecule has 0 aromatic carbocycles. The van der Waals surface area contributed by atoms with Crippen LogP contribution < -0.4 is 10.6 Å². The molecule has 1 aromatic heterocycles. The van der Waals surface area contributed by atoms with E-state index in [1.165, 1.54) is 12.8 Å². The van der Waals surface area contributed by atoms with Crippen LogP contribution in [0.25, 0.3) is 0 Å². The van der Waals surface area contributed by atoms with E-state index in [1.54, 1.807) is 6.07 Å². The van der Waals surface area contributed by atoms with E-state index in [-0.39, 0.29) is 6.04 Å². The number of aromatic nitrogens is 1. The first kappa shape index (κ1) is 12.8. The van der Waals surface area contributed by atoms with Crippen LogP contribution >= 0.6 is 0 Å². The first-order chi connectivity index (χ1) is 8.54. The van der Waals surface area contributed by atoms with E-state index in [9.17, 15) is 5.26 Å². The summed E-state index contributed by atoms with van der Waals surface area (Å²) in [6.07, 6.45) is 2.48. The second-order valence-corrected chi connectivity index (χ2v) is 5.58. The number of hydrogen-bond acceptors (Lipinski definition) is 3. The highest BCUT2D eigenvalue weighted by atomic mass is 15.3. The molecule has 0 saturated carbocycles. The largest absolute Gasteiger partial charge is 0.396 e. The van der Waals surface area contributed by atoms with Crippen LogP contribution in [-0.2, 0) is 0 Å². The van der Waals surface area contributed by atoms with E-state index in [0.29, 0.717) is 11.6 Å². The van der Waals surface area contributed by atoms with Crippen molar-refractivity contribution in [2.24, 2.45) is 5.92 Å². The fourth-order valence-corrected chi connectivity index (χ4v) is 2.86. The van der Waals surface area contributed by atoms with Gasteiger partial charge in [0.05, 0.1) is 5.69 Å².